The molecule has 4 nitrogen and oxygen atoms in total. The van der Waals surface area contributed by atoms with Gasteiger partial charge in [-0.2, -0.15) is 0 Å². The summed E-state index contributed by atoms with van der Waals surface area (Å²) in [5.41, 5.74) is 0. The summed E-state index contributed by atoms with van der Waals surface area (Å²) in [5.74, 6) is 0.918. The Labute approximate surface area is 94.1 Å². The minimum atomic E-state index is 0. The first-order chi connectivity index (χ1) is 6.36. The summed E-state index contributed by atoms with van der Waals surface area (Å²) >= 11 is 5.70. The molecule has 0 aliphatic carbocycles. The molecule has 0 bridgehead atoms. The highest BCUT2D eigenvalue weighted by molar-refractivity contribution is 6.28. The minimum absolute atomic E-state index is 0. The zero-order chi connectivity index (χ0) is 9.10. The van der Waals surface area contributed by atoms with Crippen LogP contribution in [-0.4, -0.2) is 36.1 Å². The van der Waals surface area contributed by atoms with E-state index in [0.29, 0.717) is 5.28 Å². The van der Waals surface area contributed by atoms with E-state index in [1.165, 1.54) is 0 Å². The molecule has 0 unspecified atom stereocenters. The maximum absolute atomic E-state index is 5.70. The fraction of sp³-hybridized carbons (Fsp3) is 0.500. The first-order valence-corrected chi connectivity index (χ1v) is 4.68. The third-order valence-corrected chi connectivity index (χ3v) is 2.23. The Kier molecular flexibility index (Phi) is 4.38. The van der Waals surface area contributed by atoms with Gasteiger partial charge in [0.15, 0.2) is 0 Å². The number of hydrogen-bond acceptors (Lipinski definition) is 4. The second-order valence-corrected chi connectivity index (χ2v) is 3.26. The van der Waals surface area contributed by atoms with E-state index < -0.39 is 0 Å². The molecule has 1 aromatic rings. The van der Waals surface area contributed by atoms with Crippen molar-refractivity contribution >= 4 is 29.8 Å². The van der Waals surface area contributed by atoms with Gasteiger partial charge in [0, 0.05) is 32.4 Å². The third kappa shape index (κ3) is 2.70. The average Bonchev–Trinajstić information content (AvgIpc) is 2.19. The highest BCUT2D eigenvalue weighted by atomic mass is 35.5. The maximum Gasteiger partial charge on any atom is 0.224 e. The second-order valence-electron chi connectivity index (χ2n) is 2.92. The van der Waals surface area contributed by atoms with Crippen LogP contribution in [-0.2, 0) is 0 Å². The van der Waals surface area contributed by atoms with Crippen molar-refractivity contribution in [1.29, 1.82) is 0 Å². The number of nitrogens with one attached hydrogen (secondary N) is 1. The van der Waals surface area contributed by atoms with E-state index in [9.17, 15) is 0 Å². The molecule has 0 aromatic carbocycles. The van der Waals surface area contributed by atoms with Gasteiger partial charge in [-0.15, -0.1) is 12.4 Å². The normalized spacial score (nSPS) is 16.2. The van der Waals surface area contributed by atoms with Crippen LogP contribution in [0.4, 0.5) is 5.82 Å². The lowest BCUT2D eigenvalue weighted by Gasteiger charge is -2.28. The van der Waals surface area contributed by atoms with Gasteiger partial charge in [0.05, 0.1) is 0 Å². The molecule has 0 spiro atoms. The summed E-state index contributed by atoms with van der Waals surface area (Å²) < 4.78 is 0. The van der Waals surface area contributed by atoms with E-state index >= 15 is 0 Å². The van der Waals surface area contributed by atoms with Gasteiger partial charge in [0.2, 0.25) is 5.28 Å². The SMILES string of the molecule is Cl.Clc1nccc(N2CCNCC2)n1. The van der Waals surface area contributed by atoms with Gasteiger partial charge in [0.25, 0.3) is 0 Å². The smallest absolute Gasteiger partial charge is 0.224 e. The number of piperazine rings is 1. The van der Waals surface area contributed by atoms with Crippen molar-refractivity contribution in [2.45, 2.75) is 0 Å². The Hall–Kier alpha value is -0.580. The van der Waals surface area contributed by atoms with Crippen LogP contribution in [0, 0.1) is 0 Å². The number of anilines is 1. The predicted octanol–water partition coefficient (Wildman–Crippen LogP) is 0.961. The molecular formula is C8H12Cl2N4. The second kappa shape index (κ2) is 5.34. The van der Waals surface area contributed by atoms with Crippen LogP contribution in [0.2, 0.25) is 5.28 Å². The van der Waals surface area contributed by atoms with Crippen molar-refractivity contribution < 1.29 is 0 Å². The molecule has 6 heteroatoms. The van der Waals surface area contributed by atoms with E-state index in [1.807, 2.05) is 6.07 Å². The summed E-state index contributed by atoms with van der Waals surface area (Å²) in [6.45, 7) is 3.96. The van der Waals surface area contributed by atoms with Gasteiger partial charge < -0.3 is 10.2 Å². The largest absolute Gasteiger partial charge is 0.354 e. The highest BCUT2D eigenvalue weighted by Gasteiger charge is 2.11. The summed E-state index contributed by atoms with van der Waals surface area (Å²) in [5, 5.41) is 3.60. The molecule has 14 heavy (non-hydrogen) atoms. The number of aromatic nitrogens is 2. The first-order valence-electron chi connectivity index (χ1n) is 4.30. The third-order valence-electron chi connectivity index (χ3n) is 2.05. The molecule has 1 aromatic heterocycles. The molecule has 0 radical (unpaired) electrons. The molecule has 1 fully saturated rings. The molecule has 1 aliphatic rings. The van der Waals surface area contributed by atoms with E-state index in [1.54, 1.807) is 6.20 Å². The average molecular weight is 235 g/mol. The molecule has 2 rings (SSSR count). The summed E-state index contributed by atoms with van der Waals surface area (Å²) in [4.78, 5) is 10.2. The molecule has 2 heterocycles. The maximum atomic E-state index is 5.70. The molecule has 1 aliphatic heterocycles. The lowest BCUT2D eigenvalue weighted by molar-refractivity contribution is 0.584. The van der Waals surface area contributed by atoms with Crippen molar-refractivity contribution in [1.82, 2.24) is 15.3 Å². The van der Waals surface area contributed by atoms with Crippen LogP contribution in [0.3, 0.4) is 0 Å². The molecule has 1 N–H and O–H groups in total. The zero-order valence-electron chi connectivity index (χ0n) is 7.61. The monoisotopic (exact) mass is 234 g/mol. The number of nitrogens with zero attached hydrogens (tertiary/aromatic N) is 3. The Morgan fingerprint density at radius 2 is 2.07 bits per heavy atom. The van der Waals surface area contributed by atoms with Crippen LogP contribution >= 0.6 is 24.0 Å². The quantitative estimate of drug-likeness (QED) is 0.736. The highest BCUT2D eigenvalue weighted by Crippen LogP contribution is 2.12. The van der Waals surface area contributed by atoms with E-state index in [2.05, 4.69) is 20.2 Å². The molecule has 1 saturated heterocycles. The minimum Gasteiger partial charge on any atom is -0.354 e. The fourth-order valence-corrected chi connectivity index (χ4v) is 1.54. The van der Waals surface area contributed by atoms with Gasteiger partial charge in [0.1, 0.15) is 5.82 Å². The molecular weight excluding hydrogens is 223 g/mol. The van der Waals surface area contributed by atoms with Crippen LogP contribution in [0.15, 0.2) is 12.3 Å². The Bertz CT molecular complexity index is 288. The summed E-state index contributed by atoms with van der Waals surface area (Å²) in [6, 6.07) is 1.89. The van der Waals surface area contributed by atoms with E-state index in [4.69, 9.17) is 11.6 Å². The number of hydrogen-bond donors (Lipinski definition) is 1. The van der Waals surface area contributed by atoms with E-state index in [0.717, 1.165) is 32.0 Å². The lowest BCUT2D eigenvalue weighted by Crippen LogP contribution is -2.43. The number of halogens is 2. The van der Waals surface area contributed by atoms with Crippen molar-refractivity contribution in [3.8, 4) is 0 Å². The first kappa shape index (κ1) is 11.5. The zero-order valence-corrected chi connectivity index (χ0v) is 9.18. The Morgan fingerprint density at radius 1 is 1.36 bits per heavy atom. The van der Waals surface area contributed by atoms with Crippen molar-refractivity contribution in [3.63, 3.8) is 0 Å². The molecule has 0 amide bonds. The molecule has 78 valence electrons. The topological polar surface area (TPSA) is 41.1 Å². The van der Waals surface area contributed by atoms with E-state index in [-0.39, 0.29) is 12.4 Å². The van der Waals surface area contributed by atoms with Crippen LogP contribution in [0.25, 0.3) is 0 Å². The lowest BCUT2D eigenvalue weighted by atomic mass is 10.3. The van der Waals surface area contributed by atoms with Crippen LogP contribution < -0.4 is 10.2 Å². The van der Waals surface area contributed by atoms with Gasteiger partial charge in [-0.25, -0.2) is 9.97 Å². The summed E-state index contributed by atoms with van der Waals surface area (Å²) in [7, 11) is 0. The number of rotatable bonds is 1. The predicted molar refractivity (Wildman–Crippen MR) is 59.4 cm³/mol. The van der Waals surface area contributed by atoms with Crippen LogP contribution in [0.1, 0.15) is 0 Å². The molecule has 0 saturated carbocycles. The van der Waals surface area contributed by atoms with Crippen LogP contribution in [0.5, 0.6) is 0 Å². The van der Waals surface area contributed by atoms with Crippen molar-refractivity contribution in [3.05, 3.63) is 17.5 Å². The van der Waals surface area contributed by atoms with Gasteiger partial charge >= 0.3 is 0 Å². The van der Waals surface area contributed by atoms with Gasteiger partial charge in [-0.05, 0) is 17.7 Å². The fourth-order valence-electron chi connectivity index (χ4n) is 1.40. The Morgan fingerprint density at radius 3 is 2.71 bits per heavy atom. The van der Waals surface area contributed by atoms with Gasteiger partial charge in [-0.3, -0.25) is 0 Å². The van der Waals surface area contributed by atoms with Crippen molar-refractivity contribution in [2.24, 2.45) is 0 Å². The standard InChI is InChI=1S/C8H11ClN4.ClH/c9-8-11-2-1-7(12-8)13-5-3-10-4-6-13;/h1-2,10H,3-6H2;1H. The van der Waals surface area contributed by atoms with Crippen molar-refractivity contribution in [2.75, 3.05) is 31.1 Å². The Balaban J connectivity index is 0.000000980. The van der Waals surface area contributed by atoms with Gasteiger partial charge in [-0.1, -0.05) is 0 Å². The summed E-state index contributed by atoms with van der Waals surface area (Å²) in [6.07, 6.45) is 1.69. The molecule has 0 atom stereocenters.